The normalized spacial score (nSPS) is 25.7. The molecule has 11 heavy (non-hydrogen) atoms. The summed E-state index contributed by atoms with van der Waals surface area (Å²) in [5.74, 6) is -0.161. The second-order valence-corrected chi connectivity index (χ2v) is 4.32. The molecule has 1 atom stereocenters. The molecule has 0 bridgehead atoms. The number of hydrogen-bond acceptors (Lipinski definition) is 3. The van der Waals surface area contributed by atoms with Crippen LogP contribution in [0.15, 0.2) is 0 Å². The zero-order chi connectivity index (χ0) is 8.10. The van der Waals surface area contributed by atoms with Crippen molar-refractivity contribution in [3.8, 4) is 0 Å². The molecule has 0 aromatic rings. The summed E-state index contributed by atoms with van der Waals surface area (Å²) in [5.41, 5.74) is 0.285. The Morgan fingerprint density at radius 3 is 3.00 bits per heavy atom. The summed E-state index contributed by atoms with van der Waals surface area (Å²) in [6.07, 6.45) is 3.46. The molecule has 1 aliphatic heterocycles. The van der Waals surface area contributed by atoms with Gasteiger partial charge in [0.2, 0.25) is 0 Å². The van der Waals surface area contributed by atoms with Crippen molar-refractivity contribution in [1.29, 1.82) is 0 Å². The molecule has 1 heterocycles. The summed E-state index contributed by atoms with van der Waals surface area (Å²) in [7, 11) is -0.754. The van der Waals surface area contributed by atoms with Gasteiger partial charge in [-0.15, -0.1) is 0 Å². The quantitative estimate of drug-likeness (QED) is 0.559. The Morgan fingerprint density at radius 1 is 1.64 bits per heavy atom. The van der Waals surface area contributed by atoms with E-state index in [1.165, 1.54) is 13.3 Å². The van der Waals surface area contributed by atoms with Gasteiger partial charge in [-0.25, -0.2) is 0 Å². The molecule has 0 radical (unpaired) electrons. The second kappa shape index (κ2) is 4.51. The third-order valence-corrected chi connectivity index (χ3v) is 3.34. The number of hydrogen-bond donors (Lipinski definition) is 0. The SMILES string of the molecule is CC(=O)O[SiH2]C1CCCCO1. The maximum absolute atomic E-state index is 10.4. The van der Waals surface area contributed by atoms with E-state index in [2.05, 4.69) is 0 Å². The standard InChI is InChI=1S/C7H14O3Si/c1-6(8)10-11-7-4-2-3-5-9-7/h7H,2-5,11H2,1H3. The van der Waals surface area contributed by atoms with E-state index in [1.54, 1.807) is 0 Å². The maximum atomic E-state index is 10.4. The molecule has 0 aromatic carbocycles. The van der Waals surface area contributed by atoms with Crippen LogP contribution < -0.4 is 0 Å². The highest BCUT2D eigenvalue weighted by Crippen LogP contribution is 2.11. The van der Waals surface area contributed by atoms with Crippen LogP contribution in [0.4, 0.5) is 0 Å². The first kappa shape index (κ1) is 8.74. The van der Waals surface area contributed by atoms with Crippen LogP contribution in [0.2, 0.25) is 0 Å². The topological polar surface area (TPSA) is 35.5 Å². The molecule has 0 spiro atoms. The average Bonchev–Trinajstić information content (AvgIpc) is 2.03. The van der Waals surface area contributed by atoms with E-state index >= 15 is 0 Å². The van der Waals surface area contributed by atoms with Crippen molar-refractivity contribution in [2.75, 3.05) is 6.61 Å². The van der Waals surface area contributed by atoms with E-state index in [0.717, 1.165) is 19.4 Å². The van der Waals surface area contributed by atoms with Crippen LogP contribution in [0.3, 0.4) is 0 Å². The fourth-order valence-electron chi connectivity index (χ4n) is 1.15. The van der Waals surface area contributed by atoms with Gasteiger partial charge in [-0.1, -0.05) is 0 Å². The predicted molar refractivity (Wildman–Crippen MR) is 43.9 cm³/mol. The van der Waals surface area contributed by atoms with Crippen LogP contribution >= 0.6 is 0 Å². The fraction of sp³-hybridized carbons (Fsp3) is 0.857. The van der Waals surface area contributed by atoms with Crippen LogP contribution in [0, 0.1) is 0 Å². The minimum absolute atomic E-state index is 0.161. The van der Waals surface area contributed by atoms with Crippen LogP contribution in [0.25, 0.3) is 0 Å². The van der Waals surface area contributed by atoms with Crippen molar-refractivity contribution in [2.24, 2.45) is 0 Å². The summed E-state index contributed by atoms with van der Waals surface area (Å²) < 4.78 is 10.4. The highest BCUT2D eigenvalue weighted by atomic mass is 28.2. The Bertz CT molecular complexity index is 132. The van der Waals surface area contributed by atoms with Crippen LogP contribution in [0.5, 0.6) is 0 Å². The summed E-state index contributed by atoms with van der Waals surface area (Å²) in [6.45, 7) is 2.30. The van der Waals surface area contributed by atoms with Gasteiger partial charge in [0.15, 0.2) is 0 Å². The van der Waals surface area contributed by atoms with Crippen molar-refractivity contribution in [3.63, 3.8) is 0 Å². The van der Waals surface area contributed by atoms with Crippen molar-refractivity contribution in [3.05, 3.63) is 0 Å². The predicted octanol–water partition coefficient (Wildman–Crippen LogP) is 0.160. The van der Waals surface area contributed by atoms with E-state index < -0.39 is 9.76 Å². The lowest BCUT2D eigenvalue weighted by Gasteiger charge is -2.21. The van der Waals surface area contributed by atoms with Crippen LogP contribution in [-0.2, 0) is 14.0 Å². The third-order valence-electron chi connectivity index (χ3n) is 1.75. The van der Waals surface area contributed by atoms with E-state index in [0.29, 0.717) is 0 Å². The zero-order valence-corrected chi connectivity index (χ0v) is 8.25. The molecule has 1 unspecified atom stereocenters. The van der Waals surface area contributed by atoms with Gasteiger partial charge in [-0.05, 0) is 19.3 Å². The monoisotopic (exact) mass is 174 g/mol. The minimum Gasteiger partial charge on any atom is -0.522 e. The van der Waals surface area contributed by atoms with Gasteiger partial charge in [0, 0.05) is 13.5 Å². The molecule has 0 N–H and O–H groups in total. The van der Waals surface area contributed by atoms with Crippen LogP contribution in [-0.4, -0.2) is 28.1 Å². The number of rotatable bonds is 2. The van der Waals surface area contributed by atoms with Crippen LogP contribution in [0.1, 0.15) is 26.2 Å². The molecule has 0 saturated carbocycles. The first-order valence-corrected chi connectivity index (χ1v) is 5.43. The lowest BCUT2D eigenvalue weighted by molar-refractivity contribution is -0.132. The molecule has 3 nitrogen and oxygen atoms in total. The summed E-state index contributed by atoms with van der Waals surface area (Å²) in [4.78, 5) is 10.4. The molecular formula is C7H14O3Si. The average molecular weight is 174 g/mol. The van der Waals surface area contributed by atoms with Crippen molar-refractivity contribution in [2.45, 2.75) is 31.9 Å². The van der Waals surface area contributed by atoms with E-state index in [4.69, 9.17) is 9.16 Å². The molecular weight excluding hydrogens is 160 g/mol. The van der Waals surface area contributed by atoms with Gasteiger partial charge in [-0.3, -0.25) is 4.79 Å². The Balaban J connectivity index is 2.09. The number of carbonyl (C=O) groups is 1. The highest BCUT2D eigenvalue weighted by molar-refractivity contribution is 6.32. The molecule has 1 rings (SSSR count). The first-order chi connectivity index (χ1) is 5.29. The van der Waals surface area contributed by atoms with Crippen molar-refractivity contribution < 1.29 is 14.0 Å². The lowest BCUT2D eigenvalue weighted by Crippen LogP contribution is -2.28. The second-order valence-electron chi connectivity index (χ2n) is 2.79. The Labute approximate surface area is 69.0 Å². The van der Waals surface area contributed by atoms with Gasteiger partial charge in [0.1, 0.15) is 0 Å². The largest absolute Gasteiger partial charge is 0.522 e. The van der Waals surface area contributed by atoms with Gasteiger partial charge in [-0.2, -0.15) is 0 Å². The summed E-state index contributed by atoms with van der Waals surface area (Å²) in [5, 5.41) is 0. The van der Waals surface area contributed by atoms with E-state index in [-0.39, 0.29) is 11.7 Å². The van der Waals surface area contributed by atoms with E-state index in [1.807, 2.05) is 0 Å². The van der Waals surface area contributed by atoms with E-state index in [9.17, 15) is 4.79 Å². The molecule has 0 aliphatic carbocycles. The van der Waals surface area contributed by atoms with Gasteiger partial charge < -0.3 is 9.16 Å². The Hall–Kier alpha value is -0.353. The molecule has 0 aromatic heterocycles. The molecule has 1 fully saturated rings. The highest BCUT2D eigenvalue weighted by Gasteiger charge is 2.15. The van der Waals surface area contributed by atoms with Crippen molar-refractivity contribution >= 4 is 15.7 Å². The first-order valence-electron chi connectivity index (χ1n) is 4.04. The maximum Gasteiger partial charge on any atom is 0.289 e. The van der Waals surface area contributed by atoms with Gasteiger partial charge in [0.25, 0.3) is 15.7 Å². The molecule has 1 saturated heterocycles. The van der Waals surface area contributed by atoms with Crippen molar-refractivity contribution in [1.82, 2.24) is 0 Å². The van der Waals surface area contributed by atoms with Gasteiger partial charge in [0.05, 0.1) is 5.73 Å². The fourth-order valence-corrected chi connectivity index (χ4v) is 2.29. The van der Waals surface area contributed by atoms with Gasteiger partial charge >= 0.3 is 0 Å². The Morgan fingerprint density at radius 2 is 2.45 bits per heavy atom. The Kier molecular flexibility index (Phi) is 3.58. The number of ether oxygens (including phenoxy) is 1. The summed E-state index contributed by atoms with van der Waals surface area (Å²) in [6, 6.07) is 0. The third kappa shape index (κ3) is 3.53. The molecule has 0 amide bonds. The lowest BCUT2D eigenvalue weighted by atomic mass is 10.2. The summed E-state index contributed by atoms with van der Waals surface area (Å²) >= 11 is 0. The molecule has 4 heteroatoms. The zero-order valence-electron chi connectivity index (χ0n) is 6.84. The minimum atomic E-state index is -0.754. The smallest absolute Gasteiger partial charge is 0.289 e. The molecule has 64 valence electrons. The number of carbonyl (C=O) groups excluding carboxylic acids is 1. The molecule has 1 aliphatic rings.